The molecule has 0 saturated carbocycles. The number of rotatable bonds is 6. The van der Waals surface area contributed by atoms with Crippen LogP contribution >= 0.6 is 11.3 Å². The van der Waals surface area contributed by atoms with E-state index in [0.29, 0.717) is 30.6 Å². The number of hydrogen-bond donors (Lipinski definition) is 1. The van der Waals surface area contributed by atoms with Gasteiger partial charge in [-0.3, -0.25) is 9.59 Å². The number of carbonyl (C=O) groups is 2. The summed E-state index contributed by atoms with van der Waals surface area (Å²) in [6, 6.07) is 15.3. The molecule has 2 aromatic carbocycles. The summed E-state index contributed by atoms with van der Waals surface area (Å²) in [4.78, 5) is 29.0. The normalized spacial score (nSPS) is 12.9. The lowest BCUT2D eigenvalue weighted by Gasteiger charge is -2.28. The lowest BCUT2D eigenvalue weighted by Crippen LogP contribution is -2.35. The number of nitrogens with zero attached hydrogens (tertiary/aromatic N) is 1. The van der Waals surface area contributed by atoms with Gasteiger partial charge >= 0.3 is 0 Å². The van der Waals surface area contributed by atoms with Crippen LogP contribution in [0.2, 0.25) is 0 Å². The summed E-state index contributed by atoms with van der Waals surface area (Å²) in [7, 11) is 1.63. The van der Waals surface area contributed by atoms with Crippen LogP contribution in [0, 0.1) is 6.92 Å². The number of nitrogens with one attached hydrogen (secondary N) is 1. The van der Waals surface area contributed by atoms with E-state index in [-0.39, 0.29) is 11.8 Å². The lowest BCUT2D eigenvalue weighted by atomic mass is 10.0. The molecular formula is C25H26N2O3S. The molecule has 6 heteroatoms. The molecule has 0 bridgehead atoms. The molecule has 0 unspecified atom stereocenters. The van der Waals surface area contributed by atoms with E-state index in [4.69, 9.17) is 4.74 Å². The predicted molar refractivity (Wildman–Crippen MR) is 124 cm³/mol. The SMILES string of the molecule is COc1ccccc1CCC(=O)Nc1cccc(C(=O)N2CCc3sccc3C2)c1C. The fraction of sp³-hybridized carbons (Fsp3) is 0.280. The van der Waals surface area contributed by atoms with Gasteiger partial charge in [0.05, 0.1) is 7.11 Å². The number of anilines is 1. The van der Waals surface area contributed by atoms with Crippen molar-refractivity contribution in [3.05, 3.63) is 81.0 Å². The van der Waals surface area contributed by atoms with E-state index >= 15 is 0 Å². The van der Waals surface area contributed by atoms with Crippen LogP contribution in [-0.2, 0) is 24.2 Å². The highest BCUT2D eigenvalue weighted by molar-refractivity contribution is 7.10. The van der Waals surface area contributed by atoms with Crippen LogP contribution in [0.1, 0.15) is 38.3 Å². The molecule has 0 aliphatic carbocycles. The smallest absolute Gasteiger partial charge is 0.254 e. The zero-order chi connectivity index (χ0) is 21.8. The fourth-order valence-electron chi connectivity index (χ4n) is 3.97. The highest BCUT2D eigenvalue weighted by Crippen LogP contribution is 2.27. The standard InChI is InChI=1S/C25H26N2O3S/c1-17-20(25(29)27-14-12-23-19(16-27)13-15-31-23)7-5-8-21(17)26-24(28)11-10-18-6-3-4-9-22(18)30-2/h3-9,13,15H,10-12,14,16H2,1-2H3,(H,26,28). The summed E-state index contributed by atoms with van der Waals surface area (Å²) < 4.78 is 5.36. The molecule has 1 N–H and O–H groups in total. The number of aryl methyl sites for hydroxylation is 1. The number of methoxy groups -OCH3 is 1. The van der Waals surface area contributed by atoms with Crippen LogP contribution < -0.4 is 10.1 Å². The van der Waals surface area contributed by atoms with Gasteiger partial charge in [0.25, 0.3) is 5.91 Å². The van der Waals surface area contributed by atoms with Gasteiger partial charge in [-0.05, 0) is 66.1 Å². The Morgan fingerprint density at radius 2 is 1.97 bits per heavy atom. The maximum Gasteiger partial charge on any atom is 0.254 e. The van der Waals surface area contributed by atoms with Gasteiger partial charge in [-0.15, -0.1) is 11.3 Å². The predicted octanol–water partition coefficient (Wildman–Crippen LogP) is 4.83. The Hall–Kier alpha value is -3.12. The van der Waals surface area contributed by atoms with E-state index in [2.05, 4.69) is 16.8 Å². The van der Waals surface area contributed by atoms with Gasteiger partial charge in [-0.25, -0.2) is 0 Å². The topological polar surface area (TPSA) is 58.6 Å². The first-order chi connectivity index (χ1) is 15.1. The van der Waals surface area contributed by atoms with Crippen LogP contribution in [0.5, 0.6) is 5.75 Å². The molecule has 160 valence electrons. The van der Waals surface area contributed by atoms with Gasteiger partial charge in [0.1, 0.15) is 5.75 Å². The molecule has 1 aliphatic heterocycles. The molecule has 0 atom stereocenters. The van der Waals surface area contributed by atoms with Crippen LogP contribution in [-0.4, -0.2) is 30.4 Å². The summed E-state index contributed by atoms with van der Waals surface area (Å²) in [5.74, 6) is 0.716. The van der Waals surface area contributed by atoms with Crippen molar-refractivity contribution < 1.29 is 14.3 Å². The van der Waals surface area contributed by atoms with E-state index in [0.717, 1.165) is 29.8 Å². The molecule has 0 saturated heterocycles. The van der Waals surface area contributed by atoms with Crippen molar-refractivity contribution in [2.45, 2.75) is 32.7 Å². The van der Waals surface area contributed by atoms with Crippen LogP contribution in [0.4, 0.5) is 5.69 Å². The van der Waals surface area contributed by atoms with Gasteiger partial charge < -0.3 is 15.0 Å². The maximum atomic E-state index is 13.2. The number of para-hydroxylation sites is 1. The van der Waals surface area contributed by atoms with Gasteiger partial charge in [0.2, 0.25) is 5.91 Å². The Morgan fingerprint density at radius 1 is 1.13 bits per heavy atom. The second-order valence-electron chi connectivity index (χ2n) is 7.68. The van der Waals surface area contributed by atoms with Gasteiger partial charge in [-0.1, -0.05) is 24.3 Å². The van der Waals surface area contributed by atoms with Gasteiger partial charge in [-0.2, -0.15) is 0 Å². The van der Waals surface area contributed by atoms with Crippen molar-refractivity contribution in [1.29, 1.82) is 0 Å². The Kier molecular flexibility index (Phi) is 6.37. The van der Waals surface area contributed by atoms with Crippen LogP contribution in [0.25, 0.3) is 0 Å². The van der Waals surface area contributed by atoms with E-state index in [1.807, 2.05) is 54.3 Å². The van der Waals surface area contributed by atoms with Crippen LogP contribution in [0.15, 0.2) is 53.9 Å². The van der Waals surface area contributed by atoms with E-state index in [9.17, 15) is 9.59 Å². The van der Waals surface area contributed by atoms with Crippen molar-refractivity contribution in [2.24, 2.45) is 0 Å². The number of hydrogen-bond acceptors (Lipinski definition) is 4. The summed E-state index contributed by atoms with van der Waals surface area (Å²) in [5, 5.41) is 5.07. The quantitative estimate of drug-likeness (QED) is 0.604. The summed E-state index contributed by atoms with van der Waals surface area (Å²) >= 11 is 1.76. The zero-order valence-corrected chi connectivity index (χ0v) is 18.6. The molecule has 2 heterocycles. The molecule has 31 heavy (non-hydrogen) atoms. The lowest BCUT2D eigenvalue weighted by molar-refractivity contribution is -0.116. The van der Waals surface area contributed by atoms with Crippen LogP contribution in [0.3, 0.4) is 0 Å². The minimum atomic E-state index is -0.0838. The van der Waals surface area contributed by atoms with E-state index in [1.54, 1.807) is 18.4 Å². The molecule has 1 aliphatic rings. The second-order valence-corrected chi connectivity index (χ2v) is 8.68. The molecule has 0 fully saturated rings. The fourth-order valence-corrected chi connectivity index (χ4v) is 4.85. The molecule has 0 radical (unpaired) electrons. The molecular weight excluding hydrogens is 408 g/mol. The largest absolute Gasteiger partial charge is 0.496 e. The third kappa shape index (κ3) is 4.64. The number of carbonyl (C=O) groups excluding carboxylic acids is 2. The summed E-state index contributed by atoms with van der Waals surface area (Å²) in [6.45, 7) is 3.26. The van der Waals surface area contributed by atoms with Crippen molar-refractivity contribution in [3.8, 4) is 5.75 Å². The van der Waals surface area contributed by atoms with Gasteiger partial charge in [0, 0.05) is 35.6 Å². The minimum Gasteiger partial charge on any atom is -0.496 e. The first-order valence-electron chi connectivity index (χ1n) is 10.4. The third-order valence-electron chi connectivity index (χ3n) is 5.75. The summed E-state index contributed by atoms with van der Waals surface area (Å²) in [6.07, 6.45) is 1.83. The van der Waals surface area contributed by atoms with Crippen molar-refractivity contribution in [2.75, 3.05) is 19.0 Å². The highest BCUT2D eigenvalue weighted by atomic mass is 32.1. The molecule has 4 rings (SSSR count). The van der Waals surface area contributed by atoms with Gasteiger partial charge in [0.15, 0.2) is 0 Å². The van der Waals surface area contributed by atoms with Crippen molar-refractivity contribution >= 4 is 28.8 Å². The summed E-state index contributed by atoms with van der Waals surface area (Å²) in [5.41, 5.74) is 4.36. The average molecular weight is 435 g/mol. The average Bonchev–Trinajstić information content (AvgIpc) is 3.27. The van der Waals surface area contributed by atoms with E-state index in [1.165, 1.54) is 10.4 Å². The number of amides is 2. The number of benzene rings is 2. The Balaban J connectivity index is 1.42. The maximum absolute atomic E-state index is 13.2. The molecule has 2 amide bonds. The zero-order valence-electron chi connectivity index (χ0n) is 17.8. The molecule has 3 aromatic rings. The number of ether oxygens (including phenoxy) is 1. The van der Waals surface area contributed by atoms with E-state index < -0.39 is 0 Å². The first-order valence-corrected chi connectivity index (χ1v) is 11.3. The Morgan fingerprint density at radius 3 is 2.81 bits per heavy atom. The Bertz CT molecular complexity index is 1110. The minimum absolute atomic E-state index is 0.0134. The molecule has 1 aromatic heterocycles. The first kappa shape index (κ1) is 21.1. The van der Waals surface area contributed by atoms with Crippen molar-refractivity contribution in [1.82, 2.24) is 4.90 Å². The number of fused-ring (bicyclic) bond motifs is 1. The molecule has 5 nitrogen and oxygen atoms in total. The highest BCUT2D eigenvalue weighted by Gasteiger charge is 2.24. The number of thiophene rings is 1. The molecule has 0 spiro atoms. The second kappa shape index (κ2) is 9.35. The Labute approximate surface area is 186 Å². The third-order valence-corrected chi connectivity index (χ3v) is 6.77. The monoisotopic (exact) mass is 434 g/mol. The van der Waals surface area contributed by atoms with Crippen molar-refractivity contribution in [3.63, 3.8) is 0 Å².